The molecule has 0 unspecified atom stereocenters. The lowest BCUT2D eigenvalue weighted by Gasteiger charge is -2.11. The summed E-state index contributed by atoms with van der Waals surface area (Å²) in [5.41, 5.74) is 0.358. The Morgan fingerprint density at radius 3 is 2.50 bits per heavy atom. The van der Waals surface area contributed by atoms with Crippen molar-refractivity contribution in [1.29, 1.82) is 0 Å². The van der Waals surface area contributed by atoms with Gasteiger partial charge in [-0.25, -0.2) is 9.97 Å². The normalized spacial score (nSPS) is 10.5. The van der Waals surface area contributed by atoms with Crippen molar-refractivity contribution >= 4 is 11.7 Å². The van der Waals surface area contributed by atoms with E-state index in [2.05, 4.69) is 20.6 Å². The summed E-state index contributed by atoms with van der Waals surface area (Å²) in [6.45, 7) is 7.47. The van der Waals surface area contributed by atoms with E-state index in [0.717, 1.165) is 11.5 Å². The number of anilines is 1. The van der Waals surface area contributed by atoms with E-state index in [1.807, 2.05) is 38.1 Å². The van der Waals surface area contributed by atoms with Gasteiger partial charge in [-0.3, -0.25) is 4.79 Å². The molecule has 1 aromatic carbocycles. The van der Waals surface area contributed by atoms with Gasteiger partial charge in [0.15, 0.2) is 0 Å². The quantitative estimate of drug-likeness (QED) is 0.671. The van der Waals surface area contributed by atoms with Crippen LogP contribution in [0.2, 0.25) is 0 Å². The lowest BCUT2D eigenvalue weighted by molar-refractivity contribution is 0.0943. The van der Waals surface area contributed by atoms with Crippen LogP contribution in [0.1, 0.15) is 30.2 Å². The van der Waals surface area contributed by atoms with E-state index < -0.39 is 0 Å². The predicted octanol–water partition coefficient (Wildman–Crippen LogP) is 2.67. The molecule has 1 amide bonds. The second-order valence-corrected chi connectivity index (χ2v) is 6.24. The lowest BCUT2D eigenvalue weighted by Crippen LogP contribution is -2.28. The minimum Gasteiger partial charge on any atom is -0.497 e. The number of nitrogens with zero attached hydrogens (tertiary/aromatic N) is 2. The second-order valence-electron chi connectivity index (χ2n) is 6.24. The molecule has 26 heavy (non-hydrogen) atoms. The number of benzene rings is 1. The van der Waals surface area contributed by atoms with Crippen molar-refractivity contribution in [3.8, 4) is 11.5 Å². The maximum atomic E-state index is 12.2. The van der Waals surface area contributed by atoms with Gasteiger partial charge >= 0.3 is 0 Å². The molecule has 0 saturated carbocycles. The van der Waals surface area contributed by atoms with Crippen LogP contribution in [0.4, 0.5) is 5.82 Å². The van der Waals surface area contributed by atoms with Crippen LogP contribution in [-0.2, 0) is 0 Å². The van der Waals surface area contributed by atoms with E-state index in [-0.39, 0.29) is 5.91 Å². The van der Waals surface area contributed by atoms with Crippen molar-refractivity contribution in [3.05, 3.63) is 41.9 Å². The first kappa shape index (κ1) is 19.5. The monoisotopic (exact) mass is 358 g/mol. The number of hydrogen-bond acceptors (Lipinski definition) is 6. The highest BCUT2D eigenvalue weighted by Gasteiger charge is 2.10. The zero-order valence-corrected chi connectivity index (χ0v) is 15.7. The molecule has 0 aliphatic carbocycles. The Morgan fingerprint density at radius 1 is 1.15 bits per heavy atom. The first-order chi connectivity index (χ1) is 12.5. The molecular weight excluding hydrogens is 332 g/mol. The third-order valence-corrected chi connectivity index (χ3v) is 3.48. The number of amides is 1. The van der Waals surface area contributed by atoms with Crippen LogP contribution in [0.15, 0.2) is 30.3 Å². The molecule has 0 fully saturated rings. The molecule has 0 atom stereocenters. The summed E-state index contributed by atoms with van der Waals surface area (Å²) in [4.78, 5) is 20.7. The summed E-state index contributed by atoms with van der Waals surface area (Å²) in [6.07, 6.45) is 0. The number of ether oxygens (including phenoxy) is 2. The van der Waals surface area contributed by atoms with Crippen LogP contribution in [0.5, 0.6) is 11.5 Å². The van der Waals surface area contributed by atoms with Crippen molar-refractivity contribution in [1.82, 2.24) is 15.3 Å². The van der Waals surface area contributed by atoms with E-state index >= 15 is 0 Å². The molecule has 0 bridgehead atoms. The molecule has 140 valence electrons. The highest BCUT2D eigenvalue weighted by atomic mass is 16.5. The van der Waals surface area contributed by atoms with Gasteiger partial charge in [-0.15, -0.1) is 0 Å². The highest BCUT2D eigenvalue weighted by molar-refractivity contribution is 5.92. The van der Waals surface area contributed by atoms with Crippen LogP contribution < -0.4 is 20.1 Å². The minimum atomic E-state index is -0.193. The Morgan fingerprint density at radius 2 is 1.85 bits per heavy atom. The number of carbonyl (C=O) groups is 1. The number of aromatic nitrogens is 2. The fourth-order valence-electron chi connectivity index (χ4n) is 2.18. The van der Waals surface area contributed by atoms with Crippen LogP contribution in [-0.4, -0.2) is 42.7 Å². The Balaban J connectivity index is 1.85. The Labute approximate surface area is 154 Å². The van der Waals surface area contributed by atoms with Gasteiger partial charge in [-0.05, 0) is 37.1 Å². The maximum absolute atomic E-state index is 12.2. The number of nitrogens with one attached hydrogen (secondary N) is 2. The molecule has 2 rings (SSSR count). The number of rotatable bonds is 9. The summed E-state index contributed by atoms with van der Waals surface area (Å²) in [5, 5.41) is 6.02. The Bertz CT molecular complexity index is 717. The molecule has 7 heteroatoms. The molecule has 0 aliphatic heterocycles. The van der Waals surface area contributed by atoms with Gasteiger partial charge in [-0.1, -0.05) is 13.8 Å². The van der Waals surface area contributed by atoms with Crippen LogP contribution in [0, 0.1) is 12.8 Å². The predicted molar refractivity (Wildman–Crippen MR) is 101 cm³/mol. The van der Waals surface area contributed by atoms with Crippen molar-refractivity contribution in [3.63, 3.8) is 0 Å². The van der Waals surface area contributed by atoms with Crippen molar-refractivity contribution < 1.29 is 14.3 Å². The average Bonchev–Trinajstić information content (AvgIpc) is 2.63. The molecule has 7 nitrogen and oxygen atoms in total. The molecular formula is C19H26N4O3. The minimum absolute atomic E-state index is 0.193. The summed E-state index contributed by atoms with van der Waals surface area (Å²) in [5.74, 6) is 2.89. The van der Waals surface area contributed by atoms with Gasteiger partial charge in [0.2, 0.25) is 0 Å². The van der Waals surface area contributed by atoms with Gasteiger partial charge in [0.05, 0.1) is 13.7 Å². The summed E-state index contributed by atoms with van der Waals surface area (Å²) >= 11 is 0. The van der Waals surface area contributed by atoms with E-state index in [1.54, 1.807) is 20.1 Å². The third-order valence-electron chi connectivity index (χ3n) is 3.48. The largest absolute Gasteiger partial charge is 0.497 e. The molecule has 0 aliphatic rings. The smallest absolute Gasteiger partial charge is 0.270 e. The fourth-order valence-corrected chi connectivity index (χ4v) is 2.18. The standard InChI is InChI=1S/C19H26N4O3/c1-13(2)12-21-19(24)17-11-18(23-14(3)22-17)20-9-10-26-16-7-5-15(25-4)6-8-16/h5-8,11,13H,9-10,12H2,1-4H3,(H,21,24)(H,20,22,23). The van der Waals surface area contributed by atoms with E-state index in [4.69, 9.17) is 9.47 Å². The first-order valence-corrected chi connectivity index (χ1v) is 8.62. The summed E-state index contributed by atoms with van der Waals surface area (Å²) in [7, 11) is 1.63. The van der Waals surface area contributed by atoms with Gasteiger partial charge in [0.25, 0.3) is 5.91 Å². The van der Waals surface area contributed by atoms with Crippen molar-refractivity contribution in [2.24, 2.45) is 5.92 Å². The van der Waals surface area contributed by atoms with Crippen molar-refractivity contribution in [2.45, 2.75) is 20.8 Å². The first-order valence-electron chi connectivity index (χ1n) is 8.62. The Hall–Kier alpha value is -2.83. The molecule has 1 heterocycles. The molecule has 2 N–H and O–H groups in total. The van der Waals surface area contributed by atoms with Crippen LogP contribution in [0.3, 0.4) is 0 Å². The zero-order chi connectivity index (χ0) is 18.9. The van der Waals surface area contributed by atoms with Gasteiger partial charge < -0.3 is 20.1 Å². The molecule has 2 aromatic rings. The number of aryl methyl sites for hydroxylation is 1. The summed E-state index contributed by atoms with van der Waals surface area (Å²) in [6, 6.07) is 9.04. The average molecular weight is 358 g/mol. The number of methoxy groups -OCH3 is 1. The molecule has 0 radical (unpaired) electrons. The van der Waals surface area contributed by atoms with E-state index in [1.165, 1.54) is 0 Å². The van der Waals surface area contributed by atoms with Crippen molar-refractivity contribution in [2.75, 3.05) is 32.1 Å². The van der Waals surface area contributed by atoms with E-state index in [9.17, 15) is 4.79 Å². The van der Waals surface area contributed by atoms with Gasteiger partial charge in [0, 0.05) is 12.6 Å². The second kappa shape index (κ2) is 9.60. The van der Waals surface area contributed by atoms with Gasteiger partial charge in [0.1, 0.15) is 35.4 Å². The number of carbonyl (C=O) groups excluding carboxylic acids is 1. The lowest BCUT2D eigenvalue weighted by atomic mass is 10.2. The highest BCUT2D eigenvalue weighted by Crippen LogP contribution is 2.16. The number of hydrogen-bond donors (Lipinski definition) is 2. The topological polar surface area (TPSA) is 85.4 Å². The molecule has 0 saturated heterocycles. The van der Waals surface area contributed by atoms with Gasteiger partial charge in [-0.2, -0.15) is 0 Å². The summed E-state index contributed by atoms with van der Waals surface area (Å²) < 4.78 is 10.8. The van der Waals surface area contributed by atoms with Crippen LogP contribution >= 0.6 is 0 Å². The maximum Gasteiger partial charge on any atom is 0.270 e. The molecule has 1 aromatic heterocycles. The fraction of sp³-hybridized carbons (Fsp3) is 0.421. The Kier molecular flexibility index (Phi) is 7.20. The SMILES string of the molecule is COc1ccc(OCCNc2cc(C(=O)NCC(C)C)nc(C)n2)cc1. The third kappa shape index (κ3) is 6.23. The zero-order valence-electron chi connectivity index (χ0n) is 15.7. The van der Waals surface area contributed by atoms with E-state index in [0.29, 0.717) is 43.0 Å². The van der Waals surface area contributed by atoms with Crippen LogP contribution in [0.25, 0.3) is 0 Å². The molecule has 0 spiro atoms.